The molecule has 6 rings (SSSR count). The van der Waals surface area contributed by atoms with E-state index < -0.39 is 0 Å². The lowest BCUT2D eigenvalue weighted by molar-refractivity contribution is -0.124. The fraction of sp³-hybridized carbons (Fsp3) is 0.417. The molecular formula is C24H27N7O2S. The van der Waals surface area contributed by atoms with Crippen LogP contribution in [-0.2, 0) is 16.1 Å². The number of hydrogen-bond acceptors (Lipinski definition) is 8. The van der Waals surface area contributed by atoms with Crippen molar-refractivity contribution in [3.8, 4) is 11.3 Å². The summed E-state index contributed by atoms with van der Waals surface area (Å²) >= 11 is 1.77. The van der Waals surface area contributed by atoms with Crippen molar-refractivity contribution in [3.05, 3.63) is 39.9 Å². The second-order valence-electron chi connectivity index (χ2n) is 9.39. The molecule has 0 radical (unpaired) electrons. The third kappa shape index (κ3) is 4.36. The number of rotatable bonds is 6. The fourth-order valence-corrected chi connectivity index (χ4v) is 5.32. The summed E-state index contributed by atoms with van der Waals surface area (Å²) in [6.45, 7) is 5.35. The molecule has 0 unspecified atom stereocenters. The molecule has 0 atom stereocenters. The van der Waals surface area contributed by atoms with Crippen molar-refractivity contribution in [3.63, 3.8) is 0 Å². The zero-order chi connectivity index (χ0) is 23.2. The van der Waals surface area contributed by atoms with E-state index in [-0.39, 0.29) is 18.2 Å². The molecule has 0 bridgehead atoms. The van der Waals surface area contributed by atoms with Gasteiger partial charge in [0.1, 0.15) is 0 Å². The summed E-state index contributed by atoms with van der Waals surface area (Å²) in [5, 5.41) is 13.0. The average molecular weight is 478 g/mol. The van der Waals surface area contributed by atoms with Crippen LogP contribution in [0, 0.1) is 0 Å². The van der Waals surface area contributed by atoms with E-state index in [0.29, 0.717) is 17.3 Å². The van der Waals surface area contributed by atoms with Crippen LogP contribution >= 0.6 is 11.3 Å². The van der Waals surface area contributed by atoms with E-state index in [4.69, 9.17) is 5.10 Å². The Labute approximate surface area is 201 Å². The first-order valence-electron chi connectivity index (χ1n) is 11.7. The van der Waals surface area contributed by atoms with Gasteiger partial charge in [-0.1, -0.05) is 0 Å². The molecule has 2 aliphatic heterocycles. The van der Waals surface area contributed by atoms with E-state index in [1.807, 2.05) is 0 Å². The predicted octanol–water partition coefficient (Wildman–Crippen LogP) is 2.21. The van der Waals surface area contributed by atoms with E-state index in [1.54, 1.807) is 28.1 Å². The van der Waals surface area contributed by atoms with Gasteiger partial charge in [0.15, 0.2) is 5.65 Å². The van der Waals surface area contributed by atoms with Crippen LogP contribution in [-0.4, -0.2) is 75.5 Å². The van der Waals surface area contributed by atoms with Crippen LogP contribution in [0.2, 0.25) is 0 Å². The number of anilines is 1. The number of imide groups is 1. The molecule has 3 aliphatic rings. The van der Waals surface area contributed by atoms with E-state index in [0.717, 1.165) is 68.2 Å². The quantitative estimate of drug-likeness (QED) is 0.415. The highest BCUT2D eigenvalue weighted by molar-refractivity contribution is 7.10. The van der Waals surface area contributed by atoms with Crippen molar-refractivity contribution in [2.75, 3.05) is 38.5 Å². The standard InChI is InChI=1S/C24H27N7O2S/c1-29-4-6-30(7-5-29)13-19-9-16(14-34-19)20-11-21(26-17-2-3-17)23-25-12-18(31(23)28-20)8-15-10-22(32)27-24(15)33/h8-9,11-12,14,17,26H,2-7,10,13H2,1H3,(H,27,32,33)/b15-8+. The third-order valence-electron chi connectivity index (χ3n) is 6.57. The maximum atomic E-state index is 12.1. The summed E-state index contributed by atoms with van der Waals surface area (Å²) in [4.78, 5) is 34.5. The molecule has 3 aromatic rings. The Kier molecular flexibility index (Phi) is 5.43. The van der Waals surface area contributed by atoms with Gasteiger partial charge in [-0.05, 0) is 38.1 Å². The van der Waals surface area contributed by atoms with Crippen LogP contribution in [0.5, 0.6) is 0 Å². The maximum absolute atomic E-state index is 12.1. The molecule has 1 saturated carbocycles. The van der Waals surface area contributed by atoms with Gasteiger partial charge >= 0.3 is 0 Å². The first-order chi connectivity index (χ1) is 16.5. The van der Waals surface area contributed by atoms with Gasteiger partial charge in [-0.25, -0.2) is 9.50 Å². The second-order valence-corrected chi connectivity index (χ2v) is 10.4. The number of likely N-dealkylation sites (N-methyl/N-ethyl adjacent to an activating group) is 1. The number of thiophene rings is 1. The molecule has 2 N–H and O–H groups in total. The van der Waals surface area contributed by atoms with E-state index >= 15 is 0 Å². The lowest BCUT2D eigenvalue weighted by atomic mass is 10.2. The molecule has 5 heterocycles. The lowest BCUT2D eigenvalue weighted by Gasteiger charge is -2.31. The van der Waals surface area contributed by atoms with Crippen LogP contribution in [0.15, 0.2) is 29.3 Å². The summed E-state index contributed by atoms with van der Waals surface area (Å²) < 4.78 is 1.78. The van der Waals surface area contributed by atoms with Crippen molar-refractivity contribution in [1.82, 2.24) is 29.7 Å². The minimum Gasteiger partial charge on any atom is -0.379 e. The minimum absolute atomic E-state index is 0.0825. The van der Waals surface area contributed by atoms with Crippen LogP contribution in [0.4, 0.5) is 5.69 Å². The predicted molar refractivity (Wildman–Crippen MR) is 131 cm³/mol. The van der Waals surface area contributed by atoms with E-state index in [2.05, 4.69) is 50.0 Å². The number of carbonyl (C=O) groups is 2. The molecule has 0 spiro atoms. The number of carbonyl (C=O) groups excluding carboxylic acids is 2. The number of nitrogens with zero attached hydrogens (tertiary/aromatic N) is 5. The third-order valence-corrected chi connectivity index (χ3v) is 7.50. The van der Waals surface area contributed by atoms with Crippen molar-refractivity contribution in [2.45, 2.75) is 31.8 Å². The van der Waals surface area contributed by atoms with Gasteiger partial charge in [-0.3, -0.25) is 19.8 Å². The molecular weight excluding hydrogens is 450 g/mol. The van der Waals surface area contributed by atoms with E-state index in [9.17, 15) is 9.59 Å². The molecule has 10 heteroatoms. The number of nitrogens with one attached hydrogen (secondary N) is 2. The molecule has 3 aromatic heterocycles. The Hall–Kier alpha value is -3.08. The Morgan fingerprint density at radius 3 is 2.76 bits per heavy atom. The highest BCUT2D eigenvalue weighted by Gasteiger charge is 2.26. The molecule has 176 valence electrons. The Morgan fingerprint density at radius 2 is 2.03 bits per heavy atom. The van der Waals surface area contributed by atoms with Gasteiger partial charge in [-0.2, -0.15) is 5.10 Å². The van der Waals surface area contributed by atoms with Crippen molar-refractivity contribution < 1.29 is 9.59 Å². The number of piperazine rings is 1. The summed E-state index contributed by atoms with van der Waals surface area (Å²) in [7, 11) is 2.17. The van der Waals surface area contributed by atoms with Gasteiger partial charge < -0.3 is 10.2 Å². The largest absolute Gasteiger partial charge is 0.379 e. The highest BCUT2D eigenvalue weighted by atomic mass is 32.1. The van der Waals surface area contributed by atoms with Crippen molar-refractivity contribution >= 4 is 40.6 Å². The molecule has 3 fully saturated rings. The fourth-order valence-electron chi connectivity index (χ4n) is 4.40. The number of amides is 2. The zero-order valence-corrected chi connectivity index (χ0v) is 19.9. The minimum atomic E-state index is -0.348. The maximum Gasteiger partial charge on any atom is 0.254 e. The van der Waals surface area contributed by atoms with Crippen LogP contribution in [0.25, 0.3) is 23.0 Å². The summed E-state index contributed by atoms with van der Waals surface area (Å²) in [6, 6.07) is 4.77. The number of imidazole rings is 1. The Bertz CT molecular complexity index is 1300. The van der Waals surface area contributed by atoms with Crippen LogP contribution < -0.4 is 10.6 Å². The zero-order valence-electron chi connectivity index (χ0n) is 19.1. The SMILES string of the molecule is CN1CCN(Cc2cc(-c3cc(NC4CC4)c4ncc(/C=C5\CC(=O)NC5=O)n4n3)cs2)CC1. The van der Waals surface area contributed by atoms with Gasteiger partial charge in [0.25, 0.3) is 5.91 Å². The monoisotopic (exact) mass is 477 g/mol. The summed E-state index contributed by atoms with van der Waals surface area (Å²) in [5.74, 6) is -0.625. The second kappa shape index (κ2) is 8.61. The van der Waals surface area contributed by atoms with Crippen LogP contribution in [0.3, 0.4) is 0 Å². The number of aromatic nitrogens is 3. The van der Waals surface area contributed by atoms with Gasteiger partial charge in [0.2, 0.25) is 5.91 Å². The molecule has 1 aliphatic carbocycles. The van der Waals surface area contributed by atoms with Crippen molar-refractivity contribution in [1.29, 1.82) is 0 Å². The van der Waals surface area contributed by atoms with Crippen LogP contribution in [0.1, 0.15) is 29.8 Å². The number of fused-ring (bicyclic) bond motifs is 1. The number of hydrogen-bond donors (Lipinski definition) is 2. The molecule has 0 aromatic carbocycles. The molecule has 2 saturated heterocycles. The lowest BCUT2D eigenvalue weighted by Crippen LogP contribution is -2.43. The van der Waals surface area contributed by atoms with Gasteiger partial charge in [-0.15, -0.1) is 11.3 Å². The first-order valence-corrected chi connectivity index (χ1v) is 12.6. The Balaban J connectivity index is 1.33. The topological polar surface area (TPSA) is 94.9 Å². The highest BCUT2D eigenvalue weighted by Crippen LogP contribution is 2.32. The summed E-state index contributed by atoms with van der Waals surface area (Å²) in [6.07, 6.45) is 5.80. The first kappa shape index (κ1) is 21.5. The van der Waals surface area contributed by atoms with Crippen molar-refractivity contribution in [2.24, 2.45) is 0 Å². The molecule has 9 nitrogen and oxygen atoms in total. The average Bonchev–Trinajstić information content (AvgIpc) is 3.20. The molecule has 34 heavy (non-hydrogen) atoms. The Morgan fingerprint density at radius 1 is 1.21 bits per heavy atom. The smallest absolute Gasteiger partial charge is 0.254 e. The normalized spacial score (nSPS) is 21.0. The van der Waals surface area contributed by atoms with E-state index in [1.165, 1.54) is 4.88 Å². The summed E-state index contributed by atoms with van der Waals surface area (Å²) in [5.41, 5.74) is 4.72. The van der Waals surface area contributed by atoms with Gasteiger partial charge in [0.05, 0.1) is 29.7 Å². The molecule has 2 amide bonds. The van der Waals surface area contributed by atoms with Gasteiger partial charge in [0, 0.05) is 60.2 Å².